The monoisotopic (exact) mass is 190 g/mol. The topological polar surface area (TPSA) is 87.1 Å². The first kappa shape index (κ1) is 10.2. The number of carboxylic acids is 1. The highest BCUT2D eigenvalue weighted by Crippen LogP contribution is 2.17. The van der Waals surface area contributed by atoms with Crippen LogP contribution in [0.5, 0.6) is 0 Å². The van der Waals surface area contributed by atoms with E-state index in [2.05, 4.69) is 0 Å². The van der Waals surface area contributed by atoms with Gasteiger partial charge in [0.25, 0.3) is 0 Å². The number of aryl methyl sites for hydroxylation is 1. The Kier molecular flexibility index (Phi) is 2.85. The number of rotatable bonds is 2. The molecule has 14 heavy (non-hydrogen) atoms. The first-order valence-corrected chi connectivity index (χ1v) is 4.05. The zero-order chi connectivity index (χ0) is 10.7. The van der Waals surface area contributed by atoms with Crippen LogP contribution in [0, 0.1) is 18.3 Å². The van der Waals surface area contributed by atoms with E-state index in [0.29, 0.717) is 11.1 Å². The molecule has 0 spiro atoms. The molecule has 0 saturated heterocycles. The molecule has 0 aliphatic heterocycles. The summed E-state index contributed by atoms with van der Waals surface area (Å²) in [6.45, 7) is 1.76. The van der Waals surface area contributed by atoms with Gasteiger partial charge in [-0.25, -0.2) is 0 Å². The van der Waals surface area contributed by atoms with Crippen LogP contribution < -0.4 is 5.73 Å². The zero-order valence-electron chi connectivity index (χ0n) is 7.69. The molecule has 1 aromatic carbocycles. The van der Waals surface area contributed by atoms with Crippen molar-refractivity contribution in [3.8, 4) is 6.07 Å². The molecular formula is C10H10N2O2. The molecule has 0 aromatic heterocycles. The van der Waals surface area contributed by atoms with Crippen molar-refractivity contribution in [1.29, 1.82) is 5.26 Å². The van der Waals surface area contributed by atoms with E-state index in [4.69, 9.17) is 16.1 Å². The molecule has 4 nitrogen and oxygen atoms in total. The second-order valence-corrected chi connectivity index (χ2v) is 3.00. The molecule has 0 saturated carbocycles. The minimum atomic E-state index is -1.09. The fourth-order valence-electron chi connectivity index (χ4n) is 1.18. The molecule has 4 heteroatoms. The van der Waals surface area contributed by atoms with E-state index in [1.807, 2.05) is 6.07 Å². The van der Waals surface area contributed by atoms with Crippen molar-refractivity contribution in [2.75, 3.05) is 0 Å². The third-order valence-corrected chi connectivity index (χ3v) is 2.01. The van der Waals surface area contributed by atoms with Crippen LogP contribution in [0.25, 0.3) is 0 Å². The number of carbonyl (C=O) groups is 1. The van der Waals surface area contributed by atoms with E-state index in [1.165, 1.54) is 6.07 Å². The summed E-state index contributed by atoms with van der Waals surface area (Å²) in [6, 6.07) is 5.71. The van der Waals surface area contributed by atoms with E-state index in [0.717, 1.165) is 5.56 Å². The van der Waals surface area contributed by atoms with Gasteiger partial charge in [-0.2, -0.15) is 5.26 Å². The van der Waals surface area contributed by atoms with Gasteiger partial charge in [0.2, 0.25) is 0 Å². The van der Waals surface area contributed by atoms with Crippen molar-refractivity contribution in [2.45, 2.75) is 13.0 Å². The first-order valence-electron chi connectivity index (χ1n) is 4.05. The normalized spacial score (nSPS) is 11.8. The fraction of sp³-hybridized carbons (Fsp3) is 0.200. The lowest BCUT2D eigenvalue weighted by molar-refractivity contribution is -0.138. The summed E-state index contributed by atoms with van der Waals surface area (Å²) >= 11 is 0. The summed E-state index contributed by atoms with van der Waals surface area (Å²) in [5.41, 5.74) is 7.13. The lowest BCUT2D eigenvalue weighted by Crippen LogP contribution is -2.21. The molecule has 0 aliphatic carbocycles. The van der Waals surface area contributed by atoms with Crippen molar-refractivity contribution >= 4 is 5.97 Å². The van der Waals surface area contributed by atoms with Crippen molar-refractivity contribution in [2.24, 2.45) is 5.73 Å². The maximum atomic E-state index is 10.6. The van der Waals surface area contributed by atoms with Gasteiger partial charge in [-0.15, -0.1) is 0 Å². The average Bonchev–Trinajstić information content (AvgIpc) is 2.17. The van der Waals surface area contributed by atoms with Gasteiger partial charge in [-0.05, 0) is 30.2 Å². The first-order chi connectivity index (χ1) is 6.56. The molecule has 72 valence electrons. The van der Waals surface area contributed by atoms with E-state index < -0.39 is 12.0 Å². The summed E-state index contributed by atoms with van der Waals surface area (Å²) in [4.78, 5) is 10.6. The molecule has 0 amide bonds. The minimum absolute atomic E-state index is 0.419. The lowest BCUT2D eigenvalue weighted by atomic mass is 9.99. The smallest absolute Gasteiger partial charge is 0.325 e. The van der Waals surface area contributed by atoms with Crippen molar-refractivity contribution < 1.29 is 9.90 Å². The number of aliphatic carboxylic acids is 1. The number of hydrogen-bond acceptors (Lipinski definition) is 3. The highest BCUT2D eigenvalue weighted by molar-refractivity contribution is 5.76. The Morgan fingerprint density at radius 1 is 1.64 bits per heavy atom. The largest absolute Gasteiger partial charge is 0.480 e. The Morgan fingerprint density at radius 2 is 2.29 bits per heavy atom. The molecule has 1 unspecified atom stereocenters. The van der Waals surface area contributed by atoms with Crippen LogP contribution in [0.4, 0.5) is 0 Å². The Bertz CT molecular complexity index is 407. The molecular weight excluding hydrogens is 180 g/mol. The summed E-state index contributed by atoms with van der Waals surface area (Å²) < 4.78 is 0. The molecule has 3 N–H and O–H groups in total. The van der Waals surface area contributed by atoms with Crippen LogP contribution >= 0.6 is 0 Å². The SMILES string of the molecule is Cc1ccc(C#N)cc1C(N)C(=O)O. The van der Waals surface area contributed by atoms with Gasteiger partial charge in [0.1, 0.15) is 6.04 Å². The van der Waals surface area contributed by atoms with E-state index in [9.17, 15) is 4.79 Å². The van der Waals surface area contributed by atoms with Gasteiger partial charge in [-0.1, -0.05) is 6.07 Å². The summed E-state index contributed by atoms with van der Waals surface area (Å²) in [7, 11) is 0. The Hall–Kier alpha value is -1.86. The Balaban J connectivity index is 3.20. The van der Waals surface area contributed by atoms with Gasteiger partial charge in [-0.3, -0.25) is 4.79 Å². The standard InChI is InChI=1S/C10H10N2O2/c1-6-2-3-7(5-11)4-8(6)9(12)10(13)14/h2-4,9H,12H2,1H3,(H,13,14). The quantitative estimate of drug-likeness (QED) is 0.726. The minimum Gasteiger partial charge on any atom is -0.480 e. The van der Waals surface area contributed by atoms with E-state index in [-0.39, 0.29) is 0 Å². The number of carboxylic acid groups (broad SMARTS) is 1. The number of nitrogens with two attached hydrogens (primary N) is 1. The number of hydrogen-bond donors (Lipinski definition) is 2. The molecule has 0 radical (unpaired) electrons. The van der Waals surface area contributed by atoms with Gasteiger partial charge < -0.3 is 10.8 Å². The highest BCUT2D eigenvalue weighted by atomic mass is 16.4. The Morgan fingerprint density at radius 3 is 2.79 bits per heavy atom. The summed E-state index contributed by atoms with van der Waals surface area (Å²) in [5.74, 6) is -1.09. The maximum absolute atomic E-state index is 10.6. The van der Waals surface area contributed by atoms with Crippen molar-refractivity contribution in [3.63, 3.8) is 0 Å². The van der Waals surface area contributed by atoms with Gasteiger partial charge in [0, 0.05) is 0 Å². The predicted octanol–water partition coefficient (Wildman–Crippen LogP) is 0.951. The maximum Gasteiger partial charge on any atom is 0.325 e. The summed E-state index contributed by atoms with van der Waals surface area (Å²) in [5, 5.41) is 17.4. The van der Waals surface area contributed by atoms with Crippen LogP contribution in [0.2, 0.25) is 0 Å². The molecule has 1 aromatic rings. The third kappa shape index (κ3) is 1.90. The molecule has 1 rings (SSSR count). The van der Waals surface area contributed by atoms with Crippen molar-refractivity contribution in [3.05, 3.63) is 34.9 Å². The molecule has 0 heterocycles. The number of benzene rings is 1. The fourth-order valence-corrected chi connectivity index (χ4v) is 1.18. The molecule has 0 aliphatic rings. The zero-order valence-corrected chi connectivity index (χ0v) is 7.69. The van der Waals surface area contributed by atoms with Crippen molar-refractivity contribution in [1.82, 2.24) is 0 Å². The lowest BCUT2D eigenvalue weighted by Gasteiger charge is -2.10. The molecule has 0 bridgehead atoms. The molecule has 1 atom stereocenters. The van der Waals surface area contributed by atoms with E-state index >= 15 is 0 Å². The second-order valence-electron chi connectivity index (χ2n) is 3.00. The molecule has 0 fully saturated rings. The average molecular weight is 190 g/mol. The van der Waals surface area contributed by atoms with Crippen LogP contribution in [0.1, 0.15) is 22.7 Å². The summed E-state index contributed by atoms with van der Waals surface area (Å²) in [6.07, 6.45) is 0. The van der Waals surface area contributed by atoms with Gasteiger partial charge in [0.15, 0.2) is 0 Å². The predicted molar refractivity (Wildman–Crippen MR) is 50.5 cm³/mol. The van der Waals surface area contributed by atoms with E-state index in [1.54, 1.807) is 19.1 Å². The van der Waals surface area contributed by atoms with Crippen LogP contribution in [-0.2, 0) is 4.79 Å². The van der Waals surface area contributed by atoms with Crippen LogP contribution in [0.3, 0.4) is 0 Å². The Labute approximate surface area is 81.6 Å². The van der Waals surface area contributed by atoms with Crippen LogP contribution in [0.15, 0.2) is 18.2 Å². The van der Waals surface area contributed by atoms with Gasteiger partial charge in [0.05, 0.1) is 11.6 Å². The number of nitriles is 1. The van der Waals surface area contributed by atoms with Gasteiger partial charge >= 0.3 is 5.97 Å². The number of nitrogens with zero attached hydrogens (tertiary/aromatic N) is 1. The third-order valence-electron chi connectivity index (χ3n) is 2.01. The highest BCUT2D eigenvalue weighted by Gasteiger charge is 2.16. The van der Waals surface area contributed by atoms with Crippen LogP contribution in [-0.4, -0.2) is 11.1 Å². The second kappa shape index (κ2) is 3.90.